The van der Waals surface area contributed by atoms with E-state index in [1.807, 2.05) is 12.1 Å². The van der Waals surface area contributed by atoms with E-state index in [1.54, 1.807) is 48.8 Å². The van der Waals surface area contributed by atoms with Crippen LogP contribution in [0.5, 0.6) is 0 Å². The summed E-state index contributed by atoms with van der Waals surface area (Å²) in [7, 11) is 0. The lowest BCUT2D eigenvalue weighted by Gasteiger charge is -2.12. The average Bonchev–Trinajstić information content (AvgIpc) is 2.95. The number of hydrogen-bond acceptors (Lipinski definition) is 7. The predicted octanol–water partition coefficient (Wildman–Crippen LogP) is 1.96. The number of fused-ring (bicyclic) bond motifs is 1. The monoisotopic (exact) mass is 523 g/mol. The molecular formula is C28H21N5O6. The van der Waals surface area contributed by atoms with Crippen molar-refractivity contribution < 1.29 is 29.4 Å². The molecule has 0 radical (unpaired) electrons. The molecule has 4 aromatic rings. The summed E-state index contributed by atoms with van der Waals surface area (Å²) in [6, 6.07) is 15.2. The number of carboxylic acids is 2. The highest BCUT2D eigenvalue weighted by Crippen LogP contribution is 2.24. The predicted molar refractivity (Wildman–Crippen MR) is 140 cm³/mol. The van der Waals surface area contributed by atoms with E-state index in [2.05, 4.69) is 32.6 Å². The quantitative estimate of drug-likeness (QED) is 0.105. The number of hydrogen-bond donors (Lipinski definition) is 5. The minimum Gasteiger partial charge on any atom is -0.481 e. The zero-order valence-electron chi connectivity index (χ0n) is 20.2. The lowest BCUT2D eigenvalue weighted by molar-refractivity contribution is -0.145. The molecule has 194 valence electrons. The number of aliphatic carboxylic acids is 2. The minimum atomic E-state index is -1.54. The minimum absolute atomic E-state index is 0.169. The Hall–Kier alpha value is -5.60. The van der Waals surface area contributed by atoms with E-state index in [1.165, 1.54) is 12.1 Å². The fourth-order valence-electron chi connectivity index (χ4n) is 3.67. The van der Waals surface area contributed by atoms with Crippen LogP contribution in [-0.4, -0.2) is 50.0 Å². The number of hydrazine groups is 1. The highest BCUT2D eigenvalue weighted by molar-refractivity contribution is 6.06. The second kappa shape index (κ2) is 11.6. The normalized spacial score (nSPS) is 11.1. The van der Waals surface area contributed by atoms with Gasteiger partial charge in [0.15, 0.2) is 0 Å². The molecule has 0 fully saturated rings. The van der Waals surface area contributed by atoms with Gasteiger partial charge in [-0.25, -0.2) is 15.6 Å². The van der Waals surface area contributed by atoms with Gasteiger partial charge < -0.3 is 15.5 Å². The van der Waals surface area contributed by atoms with Crippen LogP contribution < -0.4 is 16.6 Å². The number of pyridine rings is 2. The summed E-state index contributed by atoms with van der Waals surface area (Å²) in [6.07, 6.45) is 2.41. The van der Waals surface area contributed by atoms with Gasteiger partial charge in [-0.2, -0.15) is 0 Å². The Morgan fingerprint density at radius 1 is 0.897 bits per heavy atom. The third-order valence-electron chi connectivity index (χ3n) is 5.65. The molecule has 2 aromatic heterocycles. The molecule has 0 saturated carbocycles. The van der Waals surface area contributed by atoms with Gasteiger partial charge in [0.25, 0.3) is 11.8 Å². The maximum atomic E-state index is 12.3. The molecule has 4 rings (SSSR count). The standard InChI is InChI=1S/C28H21N5O6/c29-33-27(37)20-13-23(31-22-11-12-30-15-21(20)22)18-7-3-16(4-8-18)1-2-17-5-9-19(10-6-17)26(36)32-24(28(38)39)14-25(34)35/h3-13,15,24H,14,29H2,(H,32,36)(H,33,37)(H,34,35)(H,38,39). The van der Waals surface area contributed by atoms with Gasteiger partial charge in [0.05, 0.1) is 23.2 Å². The first-order valence-electron chi connectivity index (χ1n) is 11.5. The summed E-state index contributed by atoms with van der Waals surface area (Å²) in [5, 5.41) is 20.7. The summed E-state index contributed by atoms with van der Waals surface area (Å²) in [5.74, 6) is 7.41. The van der Waals surface area contributed by atoms with Crippen LogP contribution in [0.4, 0.5) is 0 Å². The maximum absolute atomic E-state index is 12.3. The van der Waals surface area contributed by atoms with Crippen molar-refractivity contribution in [2.45, 2.75) is 12.5 Å². The van der Waals surface area contributed by atoms with E-state index in [4.69, 9.17) is 16.1 Å². The zero-order chi connectivity index (χ0) is 27.9. The van der Waals surface area contributed by atoms with Crippen LogP contribution >= 0.6 is 0 Å². The number of carboxylic acid groups (broad SMARTS) is 2. The molecule has 6 N–H and O–H groups in total. The molecule has 0 saturated heterocycles. The molecule has 2 heterocycles. The van der Waals surface area contributed by atoms with Crippen LogP contribution in [0.1, 0.15) is 38.3 Å². The Bertz CT molecular complexity index is 1640. The number of amides is 2. The molecule has 0 aliphatic heterocycles. The molecule has 1 atom stereocenters. The average molecular weight is 524 g/mol. The Balaban J connectivity index is 1.49. The van der Waals surface area contributed by atoms with Crippen molar-refractivity contribution in [1.29, 1.82) is 0 Å². The van der Waals surface area contributed by atoms with E-state index in [9.17, 15) is 19.2 Å². The Kier molecular flexibility index (Phi) is 7.89. The number of nitrogen functional groups attached to an aromatic ring is 1. The van der Waals surface area contributed by atoms with Crippen LogP contribution in [-0.2, 0) is 9.59 Å². The number of nitrogens with one attached hydrogen (secondary N) is 2. The van der Waals surface area contributed by atoms with Gasteiger partial charge in [-0.1, -0.05) is 24.0 Å². The summed E-state index contributed by atoms with van der Waals surface area (Å²) in [6.45, 7) is 0. The lowest BCUT2D eigenvalue weighted by Crippen LogP contribution is -2.42. The third kappa shape index (κ3) is 6.40. The number of carbonyl (C=O) groups is 4. The smallest absolute Gasteiger partial charge is 0.326 e. The number of rotatable bonds is 7. The fraction of sp³-hybridized carbons (Fsp3) is 0.0714. The molecule has 0 spiro atoms. The molecular weight excluding hydrogens is 502 g/mol. The molecule has 0 aliphatic rings. The SMILES string of the molecule is NNC(=O)c1cc(-c2ccc(C#Cc3ccc(C(=O)NC(CC(=O)O)C(=O)O)cc3)cc2)nc2ccncc12. The highest BCUT2D eigenvalue weighted by atomic mass is 16.4. The van der Waals surface area contributed by atoms with Crippen molar-refractivity contribution in [3.63, 3.8) is 0 Å². The number of nitrogens with zero attached hydrogens (tertiary/aromatic N) is 2. The van der Waals surface area contributed by atoms with Crippen LogP contribution in [0, 0.1) is 11.8 Å². The van der Waals surface area contributed by atoms with Crippen molar-refractivity contribution >= 4 is 34.7 Å². The van der Waals surface area contributed by atoms with Gasteiger partial charge in [-0.15, -0.1) is 0 Å². The Morgan fingerprint density at radius 3 is 2.13 bits per heavy atom. The van der Waals surface area contributed by atoms with E-state index in [0.717, 1.165) is 5.56 Å². The van der Waals surface area contributed by atoms with Gasteiger partial charge in [0.2, 0.25) is 0 Å². The molecule has 0 bridgehead atoms. The summed E-state index contributed by atoms with van der Waals surface area (Å²) < 4.78 is 0. The Morgan fingerprint density at radius 2 is 1.54 bits per heavy atom. The van der Waals surface area contributed by atoms with Crippen LogP contribution in [0.3, 0.4) is 0 Å². The van der Waals surface area contributed by atoms with Crippen molar-refractivity contribution in [3.05, 3.63) is 95.3 Å². The van der Waals surface area contributed by atoms with Gasteiger partial charge in [-0.3, -0.25) is 24.8 Å². The number of nitrogens with two attached hydrogens (primary N) is 1. The van der Waals surface area contributed by atoms with Crippen molar-refractivity contribution in [3.8, 4) is 23.1 Å². The number of carbonyl (C=O) groups excluding carboxylic acids is 2. The van der Waals surface area contributed by atoms with Crippen LogP contribution in [0.25, 0.3) is 22.2 Å². The van der Waals surface area contributed by atoms with Crippen molar-refractivity contribution in [1.82, 2.24) is 20.7 Å². The molecule has 11 heteroatoms. The van der Waals surface area contributed by atoms with Gasteiger partial charge in [0, 0.05) is 40.0 Å². The van der Waals surface area contributed by atoms with E-state index in [-0.39, 0.29) is 5.56 Å². The topological polar surface area (TPSA) is 185 Å². The summed E-state index contributed by atoms with van der Waals surface area (Å²) in [5.41, 5.74) is 5.93. The first-order chi connectivity index (χ1) is 18.7. The molecule has 1 unspecified atom stereocenters. The molecule has 2 aromatic carbocycles. The highest BCUT2D eigenvalue weighted by Gasteiger charge is 2.23. The van der Waals surface area contributed by atoms with Gasteiger partial charge in [0.1, 0.15) is 6.04 Å². The molecule has 11 nitrogen and oxygen atoms in total. The first kappa shape index (κ1) is 26.5. The van der Waals surface area contributed by atoms with Gasteiger partial charge >= 0.3 is 11.9 Å². The summed E-state index contributed by atoms with van der Waals surface area (Å²) in [4.78, 5) is 55.2. The molecule has 39 heavy (non-hydrogen) atoms. The van der Waals surface area contributed by atoms with Crippen molar-refractivity contribution in [2.24, 2.45) is 5.84 Å². The van der Waals surface area contributed by atoms with Gasteiger partial charge in [-0.05, 0) is 48.5 Å². The third-order valence-corrected chi connectivity index (χ3v) is 5.65. The Labute approximate surface area is 221 Å². The second-order valence-electron chi connectivity index (χ2n) is 8.29. The van der Waals surface area contributed by atoms with Crippen LogP contribution in [0.15, 0.2) is 73.1 Å². The molecule has 2 amide bonds. The second-order valence-corrected chi connectivity index (χ2v) is 8.29. The zero-order valence-corrected chi connectivity index (χ0v) is 20.2. The molecule has 0 aliphatic carbocycles. The summed E-state index contributed by atoms with van der Waals surface area (Å²) >= 11 is 0. The number of aromatic nitrogens is 2. The first-order valence-corrected chi connectivity index (χ1v) is 11.5. The lowest BCUT2D eigenvalue weighted by atomic mass is 10.0. The van der Waals surface area contributed by atoms with Crippen LogP contribution in [0.2, 0.25) is 0 Å². The fourth-order valence-corrected chi connectivity index (χ4v) is 3.67. The largest absolute Gasteiger partial charge is 0.481 e. The number of benzene rings is 2. The van der Waals surface area contributed by atoms with Crippen molar-refractivity contribution in [2.75, 3.05) is 0 Å². The van der Waals surface area contributed by atoms with E-state index in [0.29, 0.717) is 33.3 Å². The van der Waals surface area contributed by atoms with E-state index < -0.39 is 36.2 Å². The van der Waals surface area contributed by atoms with E-state index >= 15 is 0 Å². The maximum Gasteiger partial charge on any atom is 0.326 e.